The zero-order valence-corrected chi connectivity index (χ0v) is 18.0. The third-order valence-corrected chi connectivity index (χ3v) is 4.00. The van der Waals surface area contributed by atoms with Crippen molar-refractivity contribution in [2.45, 2.75) is 19.3 Å². The zero-order chi connectivity index (χ0) is 17.7. The molecule has 0 amide bonds. The molecule has 0 radical (unpaired) electrons. The van der Waals surface area contributed by atoms with Crippen LogP contribution in [0.15, 0.2) is 35.5 Å². The second-order valence-corrected chi connectivity index (χ2v) is 5.85. The molecule has 0 bridgehead atoms. The number of aromatic amines is 1. The Labute approximate surface area is 173 Å². The summed E-state index contributed by atoms with van der Waals surface area (Å²) in [4.78, 5) is 7.57. The van der Waals surface area contributed by atoms with Crippen LogP contribution in [0.3, 0.4) is 0 Å². The highest BCUT2D eigenvalue weighted by molar-refractivity contribution is 14.0. The summed E-state index contributed by atoms with van der Waals surface area (Å²) < 4.78 is 10.4. The van der Waals surface area contributed by atoms with Gasteiger partial charge in [-0.1, -0.05) is 18.2 Å². The number of halogens is 1. The van der Waals surface area contributed by atoms with Crippen molar-refractivity contribution in [2.75, 3.05) is 47.1 Å². The number of ether oxygens (including phenoxy) is 2. The summed E-state index contributed by atoms with van der Waals surface area (Å²) in [6, 6.07) is 8.43. The summed E-state index contributed by atoms with van der Waals surface area (Å²) in [5, 5.41) is 7.98. The highest BCUT2D eigenvalue weighted by atomic mass is 127. The van der Waals surface area contributed by atoms with E-state index < -0.39 is 0 Å². The highest BCUT2D eigenvalue weighted by Crippen LogP contribution is 2.18. The minimum absolute atomic E-state index is 0. The van der Waals surface area contributed by atoms with Crippen molar-refractivity contribution in [2.24, 2.45) is 4.99 Å². The third kappa shape index (κ3) is 7.92. The van der Waals surface area contributed by atoms with Crippen molar-refractivity contribution in [3.05, 3.63) is 36.0 Å². The molecule has 6 nitrogen and oxygen atoms in total. The average molecular weight is 474 g/mol. The number of nitrogens with zero attached hydrogens (tertiary/aromatic N) is 1. The maximum atomic E-state index is 5.44. The minimum Gasteiger partial charge on any atom is -0.382 e. The van der Waals surface area contributed by atoms with Crippen LogP contribution >= 0.6 is 24.0 Å². The van der Waals surface area contributed by atoms with E-state index in [4.69, 9.17) is 9.47 Å². The number of benzene rings is 1. The molecule has 0 atom stereocenters. The predicted octanol–water partition coefficient (Wildman–Crippen LogP) is 2.94. The number of guanidine groups is 1. The van der Waals surface area contributed by atoms with Crippen LogP contribution in [-0.4, -0.2) is 58.0 Å². The molecule has 0 aliphatic heterocycles. The number of aliphatic imine (C=N–C) groups is 1. The summed E-state index contributed by atoms with van der Waals surface area (Å²) in [6.45, 7) is 3.76. The number of aromatic nitrogens is 1. The fraction of sp³-hybridized carbons (Fsp3) is 0.526. The summed E-state index contributed by atoms with van der Waals surface area (Å²) in [5.41, 5.74) is 2.57. The van der Waals surface area contributed by atoms with E-state index in [1.165, 1.54) is 16.5 Å². The van der Waals surface area contributed by atoms with Gasteiger partial charge in [0.15, 0.2) is 5.96 Å². The molecule has 1 aromatic heterocycles. The molecule has 0 saturated heterocycles. The van der Waals surface area contributed by atoms with Crippen LogP contribution in [0.5, 0.6) is 0 Å². The molecule has 1 heterocycles. The van der Waals surface area contributed by atoms with Crippen LogP contribution in [-0.2, 0) is 15.9 Å². The summed E-state index contributed by atoms with van der Waals surface area (Å²) in [7, 11) is 3.48. The number of nitrogens with one attached hydrogen (secondary N) is 3. The molecular formula is C19H31IN4O2. The van der Waals surface area contributed by atoms with Crippen LogP contribution in [0.4, 0.5) is 0 Å². The number of rotatable bonds is 11. The fourth-order valence-electron chi connectivity index (χ4n) is 2.67. The summed E-state index contributed by atoms with van der Waals surface area (Å²) in [5.74, 6) is 0.843. The molecule has 0 spiro atoms. The number of para-hydroxylation sites is 1. The van der Waals surface area contributed by atoms with E-state index in [-0.39, 0.29) is 24.0 Å². The summed E-state index contributed by atoms with van der Waals surface area (Å²) >= 11 is 0. The first-order chi connectivity index (χ1) is 12.3. The largest absolute Gasteiger partial charge is 0.382 e. The van der Waals surface area contributed by atoms with Gasteiger partial charge in [-0.2, -0.15) is 0 Å². The normalized spacial score (nSPS) is 11.4. The molecule has 0 unspecified atom stereocenters. The van der Waals surface area contributed by atoms with Gasteiger partial charge in [0.1, 0.15) is 0 Å². The molecule has 26 heavy (non-hydrogen) atoms. The van der Waals surface area contributed by atoms with Crippen LogP contribution in [0.1, 0.15) is 18.4 Å². The van der Waals surface area contributed by atoms with Gasteiger partial charge in [-0.15, -0.1) is 24.0 Å². The standard InChI is InChI=1S/C19H30N4O2.HI/c1-20-19(22-11-6-12-25-14-13-24-2)21-10-5-7-16-15-23-18-9-4-3-8-17(16)18;/h3-4,8-9,15,23H,5-7,10-14H2,1-2H3,(H2,20,21,22);1H. The second-order valence-electron chi connectivity index (χ2n) is 5.85. The maximum Gasteiger partial charge on any atom is 0.190 e. The van der Waals surface area contributed by atoms with Gasteiger partial charge in [-0.3, -0.25) is 4.99 Å². The van der Waals surface area contributed by atoms with Gasteiger partial charge in [0.05, 0.1) is 13.2 Å². The zero-order valence-electron chi connectivity index (χ0n) is 15.7. The molecule has 2 aromatic rings. The van der Waals surface area contributed by atoms with Crippen molar-refractivity contribution >= 4 is 40.8 Å². The van der Waals surface area contributed by atoms with Gasteiger partial charge < -0.3 is 25.1 Å². The van der Waals surface area contributed by atoms with E-state index in [1.807, 2.05) is 0 Å². The van der Waals surface area contributed by atoms with E-state index in [9.17, 15) is 0 Å². The Morgan fingerprint density at radius 1 is 1.08 bits per heavy atom. The predicted molar refractivity (Wildman–Crippen MR) is 119 cm³/mol. The van der Waals surface area contributed by atoms with Gasteiger partial charge in [0, 0.05) is 51.0 Å². The molecule has 7 heteroatoms. The monoisotopic (exact) mass is 474 g/mol. The molecule has 1 aromatic carbocycles. The van der Waals surface area contributed by atoms with Crippen molar-refractivity contribution in [1.82, 2.24) is 15.6 Å². The number of aryl methyl sites for hydroxylation is 1. The Kier molecular flexibility index (Phi) is 12.1. The second kappa shape index (κ2) is 13.8. The quantitative estimate of drug-likeness (QED) is 0.203. The topological polar surface area (TPSA) is 70.7 Å². The lowest BCUT2D eigenvalue weighted by atomic mass is 10.1. The Morgan fingerprint density at radius 2 is 1.85 bits per heavy atom. The van der Waals surface area contributed by atoms with Gasteiger partial charge in [0.25, 0.3) is 0 Å². The fourth-order valence-corrected chi connectivity index (χ4v) is 2.67. The van der Waals surface area contributed by atoms with Gasteiger partial charge in [0.2, 0.25) is 0 Å². The van der Waals surface area contributed by atoms with Crippen molar-refractivity contribution in [3.63, 3.8) is 0 Å². The van der Waals surface area contributed by atoms with Gasteiger partial charge in [-0.25, -0.2) is 0 Å². The number of hydrogen-bond acceptors (Lipinski definition) is 3. The number of methoxy groups -OCH3 is 1. The molecule has 0 aliphatic rings. The number of fused-ring (bicyclic) bond motifs is 1. The lowest BCUT2D eigenvalue weighted by Gasteiger charge is -2.11. The van der Waals surface area contributed by atoms with Crippen LogP contribution in [0, 0.1) is 0 Å². The Balaban J connectivity index is 0.00000338. The minimum atomic E-state index is 0. The molecule has 0 aliphatic carbocycles. The van der Waals surface area contributed by atoms with Crippen molar-refractivity contribution in [1.29, 1.82) is 0 Å². The average Bonchev–Trinajstić information content (AvgIpc) is 3.06. The van der Waals surface area contributed by atoms with E-state index in [0.717, 1.165) is 44.9 Å². The van der Waals surface area contributed by atoms with Crippen LogP contribution in [0.2, 0.25) is 0 Å². The molecule has 0 saturated carbocycles. The first-order valence-corrected chi connectivity index (χ1v) is 8.91. The molecular weight excluding hydrogens is 443 g/mol. The highest BCUT2D eigenvalue weighted by Gasteiger charge is 2.03. The smallest absolute Gasteiger partial charge is 0.190 e. The number of hydrogen-bond donors (Lipinski definition) is 3. The lowest BCUT2D eigenvalue weighted by Crippen LogP contribution is -2.38. The van der Waals surface area contributed by atoms with Crippen molar-refractivity contribution < 1.29 is 9.47 Å². The molecule has 3 N–H and O–H groups in total. The SMILES string of the molecule is CN=C(NCCCOCCOC)NCCCc1c[nH]c2ccccc12.I. The van der Waals surface area contributed by atoms with E-state index in [1.54, 1.807) is 14.2 Å². The molecule has 146 valence electrons. The van der Waals surface area contributed by atoms with E-state index >= 15 is 0 Å². The molecule has 0 fully saturated rings. The van der Waals surface area contributed by atoms with Gasteiger partial charge in [-0.05, 0) is 30.9 Å². The summed E-state index contributed by atoms with van der Waals surface area (Å²) in [6.07, 6.45) is 5.16. The molecule has 2 rings (SSSR count). The van der Waals surface area contributed by atoms with Crippen LogP contribution in [0.25, 0.3) is 10.9 Å². The Morgan fingerprint density at radius 3 is 2.62 bits per heavy atom. The number of H-pyrrole nitrogens is 1. The Bertz CT molecular complexity index is 645. The first-order valence-electron chi connectivity index (χ1n) is 8.91. The van der Waals surface area contributed by atoms with Crippen LogP contribution < -0.4 is 10.6 Å². The van der Waals surface area contributed by atoms with Crippen molar-refractivity contribution in [3.8, 4) is 0 Å². The lowest BCUT2D eigenvalue weighted by molar-refractivity contribution is 0.0698. The Hall–Kier alpha value is -1.32. The van der Waals surface area contributed by atoms with E-state index in [0.29, 0.717) is 13.2 Å². The first kappa shape index (κ1) is 22.7. The van der Waals surface area contributed by atoms with Gasteiger partial charge >= 0.3 is 0 Å². The van der Waals surface area contributed by atoms with E-state index in [2.05, 4.69) is 51.1 Å². The third-order valence-electron chi connectivity index (χ3n) is 4.00. The maximum absolute atomic E-state index is 5.44.